The van der Waals surface area contributed by atoms with Crippen LogP contribution in [0.3, 0.4) is 0 Å². The molecular weight excluding hydrogens is 563 g/mol. The largest absolute Gasteiger partial charge is 0.495 e. The van der Waals surface area contributed by atoms with E-state index in [9.17, 15) is 15.0 Å². The summed E-state index contributed by atoms with van der Waals surface area (Å²) >= 11 is 6.22. The van der Waals surface area contributed by atoms with Gasteiger partial charge in [-0.25, -0.2) is 4.39 Å². The number of aryl methyl sites for hydroxylation is 1. The number of aromatic nitrogens is 3. The molecule has 0 saturated heterocycles. The van der Waals surface area contributed by atoms with E-state index in [1.165, 1.54) is 48.1 Å². The Morgan fingerprint density at radius 1 is 1.12 bits per heavy atom. The number of methoxy groups -OCH3 is 1. The van der Waals surface area contributed by atoms with Crippen molar-refractivity contribution in [1.29, 1.82) is 0 Å². The minimum atomic E-state index is -1.76. The second-order valence-corrected chi connectivity index (χ2v) is 11.5. The van der Waals surface area contributed by atoms with Crippen molar-refractivity contribution < 1.29 is 28.9 Å². The van der Waals surface area contributed by atoms with E-state index in [-0.39, 0.29) is 29.8 Å². The van der Waals surface area contributed by atoms with E-state index in [0.717, 1.165) is 0 Å². The normalized spacial score (nSPS) is 20.4. The van der Waals surface area contributed by atoms with Crippen LogP contribution in [0.1, 0.15) is 58.1 Å². The van der Waals surface area contributed by atoms with E-state index in [1.807, 2.05) is 0 Å². The van der Waals surface area contributed by atoms with Gasteiger partial charge in [0.1, 0.15) is 17.2 Å². The van der Waals surface area contributed by atoms with Gasteiger partial charge in [0.15, 0.2) is 5.72 Å². The summed E-state index contributed by atoms with van der Waals surface area (Å²) in [6, 6.07) is 12.8. The fraction of sp³-hybridized carbons (Fsp3) is 0.323. The molecule has 9 nitrogen and oxygen atoms in total. The molecule has 1 aliphatic carbocycles. The number of carbonyl (C=O) groups is 1. The molecule has 0 bridgehead atoms. The zero-order valence-corrected chi connectivity index (χ0v) is 24.1. The van der Waals surface area contributed by atoms with Crippen molar-refractivity contribution in [2.45, 2.75) is 43.2 Å². The van der Waals surface area contributed by atoms with Crippen molar-refractivity contribution in [3.05, 3.63) is 111 Å². The number of hydrogen-bond donors (Lipinski definition) is 2. The number of nitrogens with zero attached hydrogens (tertiary/aromatic N) is 4. The van der Waals surface area contributed by atoms with Crippen molar-refractivity contribution in [3.63, 3.8) is 0 Å². The summed E-state index contributed by atoms with van der Waals surface area (Å²) in [5.41, 5.74) is -2.91. The number of halogens is 2. The topological polar surface area (TPSA) is 110 Å². The summed E-state index contributed by atoms with van der Waals surface area (Å²) in [5.74, 6) is -0.731. The maximum Gasteiger partial charge on any atom is 0.257 e. The average molecular weight is 593 g/mol. The molecule has 2 aromatic carbocycles. The molecule has 0 radical (unpaired) electrons. The molecule has 2 aromatic heterocycles. The Labute approximate surface area is 247 Å². The molecule has 6 rings (SSSR count). The highest BCUT2D eigenvalue weighted by atomic mass is 35.5. The van der Waals surface area contributed by atoms with Gasteiger partial charge in [-0.05, 0) is 61.7 Å². The Hall–Kier alpha value is -3.83. The monoisotopic (exact) mass is 592 g/mol. The van der Waals surface area contributed by atoms with Crippen LogP contribution in [0.5, 0.6) is 5.75 Å². The Balaban J connectivity index is 1.55. The van der Waals surface area contributed by atoms with Gasteiger partial charge in [-0.2, -0.15) is 5.10 Å². The molecular formula is C31H30ClFN4O5. The van der Waals surface area contributed by atoms with E-state index in [1.54, 1.807) is 49.6 Å². The van der Waals surface area contributed by atoms with Gasteiger partial charge in [-0.3, -0.25) is 19.4 Å². The molecule has 0 unspecified atom stereocenters. The summed E-state index contributed by atoms with van der Waals surface area (Å²) in [4.78, 5) is 20.2. The molecule has 2 atom stereocenters. The minimum absolute atomic E-state index is 0.0154. The van der Waals surface area contributed by atoms with Crippen LogP contribution in [0.4, 0.5) is 4.39 Å². The Morgan fingerprint density at radius 2 is 1.86 bits per heavy atom. The first-order valence-corrected chi connectivity index (χ1v) is 13.8. The quantitative estimate of drug-likeness (QED) is 0.299. The van der Waals surface area contributed by atoms with E-state index in [0.29, 0.717) is 40.4 Å². The standard InChI is InChI=1S/C31H30ClFN4O5/c1-29(39,21-14-35-36(2)16-21)20-12-25-27(26(33)13-20)31(42-18-30(40)10-11-30,19-4-6-22(32)7-5-19)37(28(25)38)17-23-8-9-24(41-3)15-34-23/h4-9,12-16,39-40H,10-11,17-18H2,1-3H3/t29-,31-/m1/s1. The van der Waals surface area contributed by atoms with Gasteiger partial charge in [-0.15, -0.1) is 0 Å². The van der Waals surface area contributed by atoms with Crippen LogP contribution in [0, 0.1) is 5.82 Å². The van der Waals surface area contributed by atoms with Crippen molar-refractivity contribution >= 4 is 17.5 Å². The molecule has 4 aromatic rings. The molecule has 0 spiro atoms. The van der Waals surface area contributed by atoms with Crippen LogP contribution in [0.2, 0.25) is 5.02 Å². The minimum Gasteiger partial charge on any atom is -0.495 e. The molecule has 11 heteroatoms. The van der Waals surface area contributed by atoms with Gasteiger partial charge in [0.05, 0.1) is 55.1 Å². The molecule has 1 fully saturated rings. The molecule has 1 aliphatic heterocycles. The number of rotatable bonds is 9. The summed E-state index contributed by atoms with van der Waals surface area (Å²) in [7, 11) is 3.24. The number of pyridine rings is 1. The Morgan fingerprint density at radius 3 is 2.45 bits per heavy atom. The summed E-state index contributed by atoms with van der Waals surface area (Å²) < 4.78 is 29.8. The third kappa shape index (κ3) is 4.74. The predicted molar refractivity (Wildman–Crippen MR) is 151 cm³/mol. The lowest BCUT2D eigenvalue weighted by Gasteiger charge is -2.40. The van der Waals surface area contributed by atoms with Crippen LogP contribution in [0.15, 0.2) is 67.1 Å². The SMILES string of the molecule is COc1ccc(CN2C(=O)c3cc([C@@](C)(O)c4cnn(C)c4)cc(F)c3[C@]2(OCC2(O)CC2)c2ccc(Cl)cc2)nc1. The summed E-state index contributed by atoms with van der Waals surface area (Å²) in [5, 5.41) is 26.9. The first-order chi connectivity index (χ1) is 20.0. The smallest absolute Gasteiger partial charge is 0.257 e. The maximum atomic E-state index is 16.6. The van der Waals surface area contributed by atoms with Crippen LogP contribution >= 0.6 is 11.6 Å². The zero-order chi connectivity index (χ0) is 29.9. The fourth-order valence-corrected chi connectivity index (χ4v) is 5.50. The lowest BCUT2D eigenvalue weighted by Crippen LogP contribution is -2.48. The number of carbonyl (C=O) groups excluding carboxylic acids is 1. The second kappa shape index (κ2) is 10.2. The number of hydrogen-bond acceptors (Lipinski definition) is 7. The van der Waals surface area contributed by atoms with Crippen molar-refractivity contribution in [2.75, 3.05) is 13.7 Å². The van der Waals surface area contributed by atoms with E-state index in [4.69, 9.17) is 21.1 Å². The highest BCUT2D eigenvalue weighted by Gasteiger charge is 2.56. The molecule has 1 amide bonds. The number of ether oxygens (including phenoxy) is 2. The third-order valence-corrected chi connectivity index (χ3v) is 8.33. The van der Waals surface area contributed by atoms with Crippen LogP contribution in [-0.4, -0.2) is 55.1 Å². The number of aliphatic hydroxyl groups is 2. The van der Waals surface area contributed by atoms with E-state index in [2.05, 4.69) is 10.1 Å². The van der Waals surface area contributed by atoms with E-state index >= 15 is 4.39 Å². The maximum absolute atomic E-state index is 16.6. The van der Waals surface area contributed by atoms with Gasteiger partial charge in [0, 0.05) is 29.4 Å². The van der Waals surface area contributed by atoms with Crippen molar-refractivity contribution in [3.8, 4) is 5.75 Å². The van der Waals surface area contributed by atoms with Gasteiger partial charge in [0.25, 0.3) is 5.91 Å². The number of amides is 1. The summed E-state index contributed by atoms with van der Waals surface area (Å²) in [6.45, 7) is 1.34. The Bertz CT molecular complexity index is 1650. The van der Waals surface area contributed by atoms with Crippen LogP contribution < -0.4 is 4.74 Å². The van der Waals surface area contributed by atoms with Gasteiger partial charge >= 0.3 is 0 Å². The van der Waals surface area contributed by atoms with Crippen LogP contribution in [0.25, 0.3) is 0 Å². The molecule has 2 N–H and O–H groups in total. The first-order valence-electron chi connectivity index (χ1n) is 13.5. The lowest BCUT2D eigenvalue weighted by atomic mass is 9.85. The lowest BCUT2D eigenvalue weighted by molar-refractivity contribution is -0.139. The predicted octanol–water partition coefficient (Wildman–Crippen LogP) is 4.27. The molecule has 218 valence electrons. The second-order valence-electron chi connectivity index (χ2n) is 11.1. The fourth-order valence-electron chi connectivity index (χ4n) is 5.37. The number of fused-ring (bicyclic) bond motifs is 1. The average Bonchev–Trinajstić information content (AvgIpc) is 3.45. The van der Waals surface area contributed by atoms with Crippen molar-refractivity contribution in [1.82, 2.24) is 19.7 Å². The third-order valence-electron chi connectivity index (χ3n) is 8.08. The molecule has 1 saturated carbocycles. The molecule has 2 aliphatic rings. The van der Waals surface area contributed by atoms with E-state index < -0.39 is 28.7 Å². The molecule has 42 heavy (non-hydrogen) atoms. The summed E-state index contributed by atoms with van der Waals surface area (Å²) in [6.07, 6.45) is 5.71. The zero-order valence-electron chi connectivity index (χ0n) is 23.3. The first kappa shape index (κ1) is 28.3. The van der Waals surface area contributed by atoms with Crippen LogP contribution in [-0.2, 0) is 29.7 Å². The highest BCUT2D eigenvalue weighted by molar-refractivity contribution is 6.30. The van der Waals surface area contributed by atoms with Gasteiger partial charge < -0.3 is 19.7 Å². The molecule has 3 heterocycles. The van der Waals surface area contributed by atoms with Crippen molar-refractivity contribution in [2.24, 2.45) is 7.05 Å². The highest BCUT2D eigenvalue weighted by Crippen LogP contribution is 2.50. The number of benzene rings is 2. The van der Waals surface area contributed by atoms with Gasteiger partial charge in [-0.1, -0.05) is 23.7 Å². The van der Waals surface area contributed by atoms with Gasteiger partial charge in [0.2, 0.25) is 0 Å². The Kier molecular flexibility index (Phi) is 6.85.